The van der Waals surface area contributed by atoms with Gasteiger partial charge in [-0.05, 0) is 50.4 Å². The normalized spacial score (nSPS) is 11.4. The zero-order valence-corrected chi connectivity index (χ0v) is 19.2. The molecule has 1 aromatic carbocycles. The number of ether oxygens (including phenoxy) is 1. The van der Waals surface area contributed by atoms with Crippen LogP contribution in [0.1, 0.15) is 17.5 Å². The number of likely N-dealkylation sites (N-methyl/N-ethyl adjacent to an activating group) is 1. The zero-order chi connectivity index (χ0) is 17.8. The van der Waals surface area contributed by atoms with Crippen LogP contribution in [0.5, 0.6) is 0 Å². The van der Waals surface area contributed by atoms with Crippen LogP contribution in [-0.4, -0.2) is 64.6 Å². The molecule has 0 aromatic heterocycles. The fraction of sp³-hybridized carbons (Fsp3) is 0.611. The van der Waals surface area contributed by atoms with E-state index < -0.39 is 0 Å². The molecule has 0 saturated heterocycles. The Bertz CT molecular complexity index is 514. The van der Waals surface area contributed by atoms with Crippen molar-refractivity contribution in [3.8, 4) is 0 Å². The van der Waals surface area contributed by atoms with Crippen LogP contribution >= 0.6 is 35.7 Å². The van der Waals surface area contributed by atoms with Gasteiger partial charge in [-0.25, -0.2) is 0 Å². The van der Waals surface area contributed by atoms with Crippen LogP contribution in [-0.2, 0) is 11.3 Å². The summed E-state index contributed by atoms with van der Waals surface area (Å²) in [4.78, 5) is 7.89. The van der Waals surface area contributed by atoms with Gasteiger partial charge >= 0.3 is 0 Å². The second kappa shape index (κ2) is 14.6. The zero-order valence-electron chi connectivity index (χ0n) is 16.1. The van der Waals surface area contributed by atoms with E-state index in [1.54, 1.807) is 18.9 Å². The highest BCUT2D eigenvalue weighted by Gasteiger charge is 2.04. The van der Waals surface area contributed by atoms with E-state index in [0.29, 0.717) is 0 Å². The quantitative estimate of drug-likeness (QED) is 0.177. The first-order valence-electron chi connectivity index (χ1n) is 8.36. The van der Waals surface area contributed by atoms with Crippen molar-refractivity contribution in [2.24, 2.45) is 4.99 Å². The minimum absolute atomic E-state index is 0. The van der Waals surface area contributed by atoms with Gasteiger partial charge in [0.2, 0.25) is 0 Å². The predicted molar refractivity (Wildman–Crippen MR) is 121 cm³/mol. The summed E-state index contributed by atoms with van der Waals surface area (Å²) in [5.41, 5.74) is 2.60. The molecule has 7 heteroatoms. The number of hydrogen-bond donors (Lipinski definition) is 2. The summed E-state index contributed by atoms with van der Waals surface area (Å²) in [6, 6.07) is 6.57. The molecule has 0 spiro atoms. The fourth-order valence-electron chi connectivity index (χ4n) is 2.31. The molecular formula is C18H33IN4OS. The van der Waals surface area contributed by atoms with E-state index in [2.05, 4.69) is 59.0 Å². The van der Waals surface area contributed by atoms with E-state index in [1.807, 2.05) is 7.05 Å². The van der Waals surface area contributed by atoms with Crippen LogP contribution in [0.3, 0.4) is 0 Å². The summed E-state index contributed by atoms with van der Waals surface area (Å²) in [6.07, 6.45) is 3.19. The van der Waals surface area contributed by atoms with E-state index in [9.17, 15) is 0 Å². The van der Waals surface area contributed by atoms with Crippen LogP contribution in [0, 0.1) is 6.92 Å². The topological polar surface area (TPSA) is 48.9 Å². The van der Waals surface area contributed by atoms with E-state index in [0.717, 1.165) is 45.2 Å². The third kappa shape index (κ3) is 10.3. The average Bonchev–Trinajstić information content (AvgIpc) is 2.60. The van der Waals surface area contributed by atoms with Crippen molar-refractivity contribution in [3.63, 3.8) is 0 Å². The maximum absolute atomic E-state index is 5.09. The molecule has 25 heavy (non-hydrogen) atoms. The molecule has 0 fully saturated rings. The number of rotatable bonds is 10. The van der Waals surface area contributed by atoms with Crippen molar-refractivity contribution < 1.29 is 4.74 Å². The molecule has 0 aliphatic carbocycles. The first-order valence-corrected chi connectivity index (χ1v) is 9.58. The molecule has 0 amide bonds. The molecule has 0 heterocycles. The van der Waals surface area contributed by atoms with E-state index in [1.165, 1.54) is 16.0 Å². The van der Waals surface area contributed by atoms with Crippen molar-refractivity contribution in [1.29, 1.82) is 0 Å². The summed E-state index contributed by atoms with van der Waals surface area (Å²) in [5, 5.41) is 6.77. The maximum Gasteiger partial charge on any atom is 0.191 e. The standard InChI is InChI=1S/C18H32N4OS.HI/c1-15-7-8-16(17(13-15)24-5)14-21-18(19-2)20-9-6-10-22(3)11-12-23-4;/h7-8,13H,6,9-12,14H2,1-5H3,(H2,19,20,21);1H. The van der Waals surface area contributed by atoms with Gasteiger partial charge in [-0.3, -0.25) is 4.99 Å². The van der Waals surface area contributed by atoms with Crippen molar-refractivity contribution in [3.05, 3.63) is 29.3 Å². The third-order valence-corrected chi connectivity index (χ3v) is 4.62. The number of nitrogens with one attached hydrogen (secondary N) is 2. The summed E-state index contributed by atoms with van der Waals surface area (Å²) >= 11 is 1.78. The second-order valence-corrected chi connectivity index (χ2v) is 6.67. The number of thioether (sulfide) groups is 1. The lowest BCUT2D eigenvalue weighted by molar-refractivity contribution is 0.161. The Hall–Kier alpha value is -0.510. The van der Waals surface area contributed by atoms with Crippen LogP contribution < -0.4 is 10.6 Å². The van der Waals surface area contributed by atoms with Crippen molar-refractivity contribution in [2.45, 2.75) is 24.8 Å². The molecule has 0 unspecified atom stereocenters. The van der Waals surface area contributed by atoms with Gasteiger partial charge in [-0.15, -0.1) is 35.7 Å². The van der Waals surface area contributed by atoms with E-state index in [-0.39, 0.29) is 24.0 Å². The summed E-state index contributed by atoms with van der Waals surface area (Å²) < 4.78 is 5.09. The minimum Gasteiger partial charge on any atom is -0.383 e. The van der Waals surface area contributed by atoms with Gasteiger partial charge in [0.1, 0.15) is 0 Å². The SMILES string of the molecule is CN=C(NCCCN(C)CCOC)NCc1ccc(C)cc1SC.I. The molecule has 2 N–H and O–H groups in total. The van der Waals surface area contributed by atoms with Crippen LogP contribution in [0.4, 0.5) is 0 Å². The van der Waals surface area contributed by atoms with Crippen LogP contribution in [0.25, 0.3) is 0 Å². The molecule has 0 atom stereocenters. The average molecular weight is 480 g/mol. The van der Waals surface area contributed by atoms with Gasteiger partial charge in [0.15, 0.2) is 5.96 Å². The lowest BCUT2D eigenvalue weighted by Crippen LogP contribution is -2.38. The smallest absolute Gasteiger partial charge is 0.191 e. The summed E-state index contributed by atoms with van der Waals surface area (Å²) in [7, 11) is 5.67. The number of methoxy groups -OCH3 is 1. The number of nitrogens with zero attached hydrogens (tertiary/aromatic N) is 2. The predicted octanol–water partition coefficient (Wildman–Crippen LogP) is 2.97. The van der Waals surface area contributed by atoms with Crippen molar-refractivity contribution in [1.82, 2.24) is 15.5 Å². The Morgan fingerprint density at radius 3 is 2.68 bits per heavy atom. The number of aliphatic imine (C=N–C) groups is 1. The van der Waals surface area contributed by atoms with Gasteiger partial charge in [0.05, 0.1) is 6.61 Å². The van der Waals surface area contributed by atoms with Crippen molar-refractivity contribution in [2.75, 3.05) is 53.7 Å². The number of halogens is 1. The Morgan fingerprint density at radius 1 is 1.28 bits per heavy atom. The van der Waals surface area contributed by atoms with Crippen molar-refractivity contribution >= 4 is 41.7 Å². The fourth-order valence-corrected chi connectivity index (χ4v) is 3.02. The Labute approximate surface area is 174 Å². The van der Waals surface area contributed by atoms with Gasteiger partial charge < -0.3 is 20.3 Å². The molecule has 1 rings (SSSR count). The monoisotopic (exact) mass is 480 g/mol. The largest absolute Gasteiger partial charge is 0.383 e. The molecule has 0 saturated carbocycles. The highest BCUT2D eigenvalue weighted by atomic mass is 127. The maximum atomic E-state index is 5.09. The highest BCUT2D eigenvalue weighted by molar-refractivity contribution is 14.0. The van der Waals surface area contributed by atoms with E-state index in [4.69, 9.17) is 4.74 Å². The van der Waals surface area contributed by atoms with Crippen LogP contribution in [0.2, 0.25) is 0 Å². The lowest BCUT2D eigenvalue weighted by Gasteiger charge is -2.17. The first kappa shape index (κ1) is 24.5. The number of benzene rings is 1. The highest BCUT2D eigenvalue weighted by Crippen LogP contribution is 2.21. The molecule has 144 valence electrons. The van der Waals surface area contributed by atoms with E-state index >= 15 is 0 Å². The summed E-state index contributed by atoms with van der Waals surface area (Å²) in [6.45, 7) is 6.60. The number of aryl methyl sites for hydroxylation is 1. The molecule has 0 radical (unpaired) electrons. The molecule has 5 nitrogen and oxygen atoms in total. The number of hydrogen-bond acceptors (Lipinski definition) is 4. The van der Waals surface area contributed by atoms with Crippen LogP contribution in [0.15, 0.2) is 28.1 Å². The Morgan fingerprint density at radius 2 is 2.04 bits per heavy atom. The van der Waals surface area contributed by atoms with Gasteiger partial charge in [0, 0.05) is 38.7 Å². The molecule has 0 bridgehead atoms. The molecule has 0 aliphatic rings. The molecular weight excluding hydrogens is 447 g/mol. The Balaban J connectivity index is 0.00000576. The molecule has 1 aromatic rings. The Kier molecular flexibility index (Phi) is 14.3. The minimum atomic E-state index is 0. The third-order valence-electron chi connectivity index (χ3n) is 3.80. The van der Waals surface area contributed by atoms with Gasteiger partial charge in [0.25, 0.3) is 0 Å². The first-order chi connectivity index (χ1) is 11.6. The number of guanidine groups is 1. The van der Waals surface area contributed by atoms with Gasteiger partial charge in [-0.1, -0.05) is 12.1 Å². The molecule has 0 aliphatic heterocycles. The van der Waals surface area contributed by atoms with Gasteiger partial charge in [-0.2, -0.15) is 0 Å². The lowest BCUT2D eigenvalue weighted by atomic mass is 10.1. The summed E-state index contributed by atoms with van der Waals surface area (Å²) in [5.74, 6) is 0.849. The second-order valence-electron chi connectivity index (χ2n) is 5.82.